The van der Waals surface area contributed by atoms with Crippen LogP contribution in [0.5, 0.6) is 11.5 Å². The van der Waals surface area contributed by atoms with E-state index in [4.69, 9.17) is 24.8 Å². The summed E-state index contributed by atoms with van der Waals surface area (Å²) >= 11 is 0. The van der Waals surface area contributed by atoms with E-state index in [1.54, 1.807) is 14.2 Å². The van der Waals surface area contributed by atoms with Gasteiger partial charge in [0.25, 0.3) is 0 Å². The molecule has 9 nitrogen and oxygen atoms in total. The Balaban J connectivity index is 0.000000344. The molecule has 2 aliphatic rings. The third kappa shape index (κ3) is 6.43. The molecule has 3 atom stereocenters. The van der Waals surface area contributed by atoms with E-state index >= 15 is 0 Å². The van der Waals surface area contributed by atoms with Crippen LogP contribution in [0.2, 0.25) is 0 Å². The predicted molar refractivity (Wildman–Crippen MR) is 116 cm³/mol. The lowest BCUT2D eigenvalue weighted by atomic mass is 9.80. The van der Waals surface area contributed by atoms with Crippen LogP contribution in [0.25, 0.3) is 0 Å². The summed E-state index contributed by atoms with van der Waals surface area (Å²) in [5.74, 6) is -0.121. The molecule has 9 heteroatoms. The second-order valence-corrected chi connectivity index (χ2v) is 8.62. The number of Topliss-reactive ketones (excluding diaryl/α,β-unsaturated/α-hetero) is 1. The maximum Gasteiger partial charge on any atom is 0.333 e. The summed E-state index contributed by atoms with van der Waals surface area (Å²) in [7, 11) is 3.33. The summed E-state index contributed by atoms with van der Waals surface area (Å²) in [6, 6.07) is 4.35. The average molecular weight is 452 g/mol. The molecule has 32 heavy (non-hydrogen) atoms. The molecule has 3 N–H and O–H groups in total. The van der Waals surface area contributed by atoms with E-state index < -0.39 is 24.5 Å². The molecule has 0 aliphatic carbocycles. The van der Waals surface area contributed by atoms with Crippen molar-refractivity contribution < 1.29 is 39.2 Å². The van der Waals surface area contributed by atoms with Crippen molar-refractivity contribution in [2.45, 2.75) is 51.7 Å². The first-order valence-corrected chi connectivity index (χ1v) is 10.7. The number of hydrogen-bond acceptors (Lipinski definition) is 7. The quantitative estimate of drug-likeness (QED) is 0.570. The van der Waals surface area contributed by atoms with Crippen LogP contribution < -0.4 is 9.47 Å². The number of ketones is 1. The number of carboxylic acid groups (broad SMARTS) is 2. The van der Waals surface area contributed by atoms with Crippen LogP contribution in [0, 0.1) is 11.8 Å². The molecule has 0 saturated carbocycles. The highest BCUT2D eigenvalue weighted by atomic mass is 16.5. The number of piperidine rings is 1. The van der Waals surface area contributed by atoms with E-state index in [1.807, 2.05) is 0 Å². The molecular weight excluding hydrogens is 418 g/mol. The second-order valence-electron chi connectivity index (χ2n) is 8.62. The van der Waals surface area contributed by atoms with E-state index in [9.17, 15) is 14.4 Å². The maximum atomic E-state index is 12.6. The van der Waals surface area contributed by atoms with Crippen LogP contribution in [0.3, 0.4) is 0 Å². The van der Waals surface area contributed by atoms with Crippen molar-refractivity contribution in [3.05, 3.63) is 23.3 Å². The fourth-order valence-corrected chi connectivity index (χ4v) is 4.31. The first kappa shape index (κ1) is 25.6. The summed E-state index contributed by atoms with van der Waals surface area (Å²) in [5, 5.41) is 24.1. The van der Waals surface area contributed by atoms with Gasteiger partial charge in [-0.15, -0.1) is 0 Å². The molecule has 1 unspecified atom stereocenters. The minimum Gasteiger partial charge on any atom is -0.493 e. The van der Waals surface area contributed by atoms with E-state index in [-0.39, 0.29) is 12.0 Å². The SMILES string of the molecule is COc1cc2c(cc1OC)[C@H]1CC(=O)[C@H](CC(C)C)CN1CC2.O=C(O)CC(O)C(=O)O. The third-order valence-electron chi connectivity index (χ3n) is 5.83. The first-order valence-electron chi connectivity index (χ1n) is 10.7. The molecule has 0 radical (unpaired) electrons. The maximum absolute atomic E-state index is 12.6. The molecule has 3 rings (SSSR count). The molecule has 1 aromatic rings. The predicted octanol–water partition coefficient (Wildman–Crippen LogP) is 2.14. The Labute approximate surface area is 187 Å². The molecule has 2 heterocycles. The van der Waals surface area contributed by atoms with E-state index in [0.29, 0.717) is 18.1 Å². The number of benzene rings is 1. The minimum atomic E-state index is -1.79. The van der Waals surface area contributed by atoms with Crippen molar-refractivity contribution in [3.8, 4) is 11.5 Å². The Bertz CT molecular complexity index is 838. The molecule has 0 bridgehead atoms. The fraction of sp³-hybridized carbons (Fsp3) is 0.609. The van der Waals surface area contributed by atoms with Gasteiger partial charge in [-0.25, -0.2) is 4.79 Å². The van der Waals surface area contributed by atoms with Gasteiger partial charge in [-0.1, -0.05) is 13.8 Å². The van der Waals surface area contributed by atoms with Gasteiger partial charge < -0.3 is 24.8 Å². The van der Waals surface area contributed by atoms with Gasteiger partial charge in [-0.2, -0.15) is 0 Å². The van der Waals surface area contributed by atoms with Crippen molar-refractivity contribution in [3.63, 3.8) is 0 Å². The van der Waals surface area contributed by atoms with Crippen molar-refractivity contribution >= 4 is 17.7 Å². The van der Waals surface area contributed by atoms with Crippen LogP contribution in [-0.4, -0.2) is 71.4 Å². The number of carboxylic acids is 2. The summed E-state index contributed by atoms with van der Waals surface area (Å²) < 4.78 is 10.9. The van der Waals surface area contributed by atoms with E-state index in [2.05, 4.69) is 30.9 Å². The largest absolute Gasteiger partial charge is 0.493 e. The van der Waals surface area contributed by atoms with E-state index in [1.165, 1.54) is 11.1 Å². The van der Waals surface area contributed by atoms with Gasteiger partial charge in [0.2, 0.25) is 0 Å². The number of aliphatic hydroxyl groups is 1. The van der Waals surface area contributed by atoms with E-state index in [0.717, 1.165) is 37.4 Å². The summed E-state index contributed by atoms with van der Waals surface area (Å²) in [4.78, 5) is 34.5. The number of aliphatic hydroxyl groups excluding tert-OH is 1. The van der Waals surface area contributed by atoms with Gasteiger partial charge >= 0.3 is 11.9 Å². The molecular formula is C23H33NO8. The molecule has 1 saturated heterocycles. The third-order valence-corrected chi connectivity index (χ3v) is 5.83. The van der Waals surface area contributed by atoms with Crippen LogP contribution >= 0.6 is 0 Å². The number of carbonyl (C=O) groups is 3. The zero-order chi connectivity index (χ0) is 24.0. The van der Waals surface area contributed by atoms with Crippen molar-refractivity contribution in [2.24, 2.45) is 11.8 Å². The second kappa shape index (κ2) is 11.3. The Kier molecular flexibility index (Phi) is 9.03. The number of fused-ring (bicyclic) bond motifs is 3. The van der Waals surface area contributed by atoms with Gasteiger partial charge in [-0.3, -0.25) is 14.5 Å². The zero-order valence-electron chi connectivity index (χ0n) is 19.0. The first-order chi connectivity index (χ1) is 15.1. The Morgan fingerprint density at radius 3 is 2.28 bits per heavy atom. The lowest BCUT2D eigenvalue weighted by Crippen LogP contribution is -2.46. The summed E-state index contributed by atoms with van der Waals surface area (Å²) in [6.45, 7) is 6.31. The normalized spacial score (nSPS) is 21.0. The molecule has 0 amide bonds. The van der Waals surface area contributed by atoms with Crippen LogP contribution in [-0.2, 0) is 20.8 Å². The minimum absolute atomic E-state index is 0.202. The lowest BCUT2D eigenvalue weighted by molar-refractivity contribution is -0.152. The molecule has 2 aliphatic heterocycles. The molecule has 1 aromatic carbocycles. The van der Waals surface area contributed by atoms with Crippen molar-refractivity contribution in [1.29, 1.82) is 0 Å². The Morgan fingerprint density at radius 1 is 1.16 bits per heavy atom. The van der Waals surface area contributed by atoms with Crippen LogP contribution in [0.4, 0.5) is 0 Å². The smallest absolute Gasteiger partial charge is 0.333 e. The highest BCUT2D eigenvalue weighted by Gasteiger charge is 2.38. The van der Waals surface area contributed by atoms with Crippen molar-refractivity contribution in [2.75, 3.05) is 27.3 Å². The monoisotopic (exact) mass is 451 g/mol. The lowest BCUT2D eigenvalue weighted by Gasteiger charge is -2.43. The average Bonchev–Trinajstić information content (AvgIpc) is 2.72. The number of carbonyl (C=O) groups excluding carboxylic acids is 1. The Hall–Kier alpha value is -2.65. The highest BCUT2D eigenvalue weighted by molar-refractivity contribution is 5.83. The molecule has 0 aromatic heterocycles. The fourth-order valence-electron chi connectivity index (χ4n) is 4.31. The molecule has 1 fully saturated rings. The standard InChI is InChI=1S/C19H27NO3.C4H6O5/c1-12(2)7-14-11-20-6-5-13-8-18(22-3)19(23-4)9-15(13)16(20)10-17(14)21;5-2(4(8)9)1-3(6)7/h8-9,12,14,16H,5-7,10-11H2,1-4H3;2,5H,1H2,(H,6,7)(H,8,9)/t14-,16-;/m1./s1. The van der Waals surface area contributed by atoms with Crippen LogP contribution in [0.1, 0.15) is 50.3 Å². The summed E-state index contributed by atoms with van der Waals surface area (Å²) in [5.41, 5.74) is 2.53. The van der Waals surface area contributed by atoms with Gasteiger partial charge in [0.05, 0.1) is 20.6 Å². The topological polar surface area (TPSA) is 134 Å². The highest BCUT2D eigenvalue weighted by Crippen LogP contribution is 2.42. The number of aliphatic carboxylic acids is 2. The van der Waals surface area contributed by atoms with Gasteiger partial charge in [0.1, 0.15) is 5.78 Å². The number of methoxy groups -OCH3 is 2. The Morgan fingerprint density at radius 2 is 1.78 bits per heavy atom. The van der Waals surface area contributed by atoms with Crippen LogP contribution in [0.15, 0.2) is 12.1 Å². The van der Waals surface area contributed by atoms with Gasteiger partial charge in [0, 0.05) is 31.5 Å². The number of hydrogen-bond donors (Lipinski definition) is 3. The molecule has 178 valence electrons. The zero-order valence-corrected chi connectivity index (χ0v) is 19.0. The van der Waals surface area contributed by atoms with Gasteiger partial charge in [-0.05, 0) is 42.0 Å². The molecule has 0 spiro atoms. The number of nitrogens with zero attached hydrogens (tertiary/aromatic N) is 1. The number of ether oxygens (including phenoxy) is 2. The number of rotatable bonds is 7. The van der Waals surface area contributed by atoms with Crippen molar-refractivity contribution in [1.82, 2.24) is 4.90 Å². The summed E-state index contributed by atoms with van der Waals surface area (Å²) in [6.07, 6.45) is 0.0904. The van der Waals surface area contributed by atoms with Gasteiger partial charge in [0.15, 0.2) is 17.6 Å².